The molecule has 1 aromatic rings. The molecule has 0 bridgehead atoms. The van der Waals surface area contributed by atoms with Crippen LogP contribution in [-0.4, -0.2) is 37.9 Å². The van der Waals surface area contributed by atoms with Crippen LogP contribution in [0.3, 0.4) is 0 Å². The zero-order valence-electron chi connectivity index (χ0n) is 12.6. The third kappa shape index (κ3) is 2.31. The average Bonchev–Trinajstić information content (AvgIpc) is 2.95. The number of benzene rings is 1. The summed E-state index contributed by atoms with van der Waals surface area (Å²) in [7, 11) is -3.52. The smallest absolute Gasteiger partial charge is 0.243 e. The second-order valence-corrected chi connectivity index (χ2v) is 8.89. The van der Waals surface area contributed by atoms with Crippen molar-refractivity contribution >= 4 is 21.6 Å². The number of fused-ring (bicyclic) bond motifs is 1. The molecule has 0 spiro atoms. The van der Waals surface area contributed by atoms with E-state index in [0.717, 1.165) is 18.7 Å². The Morgan fingerprint density at radius 2 is 2.05 bits per heavy atom. The van der Waals surface area contributed by atoms with E-state index < -0.39 is 10.0 Å². The Bertz CT molecular complexity index is 672. The summed E-state index contributed by atoms with van der Waals surface area (Å²) >= 11 is 6.00. The predicted molar refractivity (Wildman–Crippen MR) is 84.0 cm³/mol. The molecule has 116 valence electrons. The maximum atomic E-state index is 13.1. The van der Waals surface area contributed by atoms with Crippen LogP contribution in [0.1, 0.15) is 19.4 Å². The molecular formula is C15H21ClN2O2S. The van der Waals surface area contributed by atoms with Crippen molar-refractivity contribution in [3.05, 3.63) is 28.8 Å². The van der Waals surface area contributed by atoms with E-state index in [2.05, 4.69) is 5.32 Å². The first-order valence-corrected chi connectivity index (χ1v) is 9.06. The second kappa shape index (κ2) is 4.95. The molecule has 3 rings (SSSR count). The van der Waals surface area contributed by atoms with Crippen LogP contribution in [0.4, 0.5) is 0 Å². The molecule has 2 saturated heterocycles. The van der Waals surface area contributed by atoms with Crippen molar-refractivity contribution in [3.8, 4) is 0 Å². The first kappa shape index (κ1) is 15.3. The lowest BCUT2D eigenvalue weighted by molar-refractivity contribution is 0.233. The summed E-state index contributed by atoms with van der Waals surface area (Å²) < 4.78 is 27.9. The molecule has 0 amide bonds. The highest BCUT2D eigenvalue weighted by molar-refractivity contribution is 7.89. The first-order chi connectivity index (χ1) is 9.74. The number of nitrogens with one attached hydrogen (secondary N) is 1. The van der Waals surface area contributed by atoms with Gasteiger partial charge in [-0.1, -0.05) is 17.7 Å². The van der Waals surface area contributed by atoms with Gasteiger partial charge in [0.15, 0.2) is 0 Å². The SMILES string of the molecule is Cc1ccc(Cl)cc1S(=O)(=O)N1CC2CNCC2C1(C)C. The minimum absolute atomic E-state index is 0.330. The van der Waals surface area contributed by atoms with Gasteiger partial charge in [0, 0.05) is 23.7 Å². The Hall–Kier alpha value is -0.620. The van der Waals surface area contributed by atoms with E-state index in [1.54, 1.807) is 22.5 Å². The van der Waals surface area contributed by atoms with Gasteiger partial charge in [-0.05, 0) is 56.8 Å². The van der Waals surface area contributed by atoms with Gasteiger partial charge in [-0.2, -0.15) is 4.31 Å². The predicted octanol–water partition coefficient (Wildman–Crippen LogP) is 2.27. The van der Waals surface area contributed by atoms with E-state index in [0.29, 0.717) is 28.3 Å². The van der Waals surface area contributed by atoms with Gasteiger partial charge in [-0.3, -0.25) is 0 Å². The van der Waals surface area contributed by atoms with Crippen molar-refractivity contribution in [1.29, 1.82) is 0 Å². The van der Waals surface area contributed by atoms with Crippen molar-refractivity contribution in [1.82, 2.24) is 9.62 Å². The fourth-order valence-electron chi connectivity index (χ4n) is 3.76. The van der Waals surface area contributed by atoms with E-state index >= 15 is 0 Å². The summed E-state index contributed by atoms with van der Waals surface area (Å²) in [6.45, 7) is 8.24. The Morgan fingerprint density at radius 3 is 2.71 bits per heavy atom. The summed E-state index contributed by atoms with van der Waals surface area (Å²) in [5.74, 6) is 0.765. The number of rotatable bonds is 2. The third-order valence-corrected chi connectivity index (χ3v) is 7.44. The Morgan fingerprint density at radius 1 is 1.33 bits per heavy atom. The van der Waals surface area contributed by atoms with E-state index in [1.807, 2.05) is 20.8 Å². The normalized spacial score (nSPS) is 28.8. The van der Waals surface area contributed by atoms with Gasteiger partial charge in [0.1, 0.15) is 0 Å². The molecule has 4 nitrogen and oxygen atoms in total. The number of hydrogen-bond donors (Lipinski definition) is 1. The van der Waals surface area contributed by atoms with Crippen LogP contribution in [0.2, 0.25) is 5.02 Å². The number of aryl methyl sites for hydroxylation is 1. The number of sulfonamides is 1. The molecule has 2 heterocycles. The maximum absolute atomic E-state index is 13.1. The fraction of sp³-hybridized carbons (Fsp3) is 0.600. The summed E-state index contributed by atoms with van der Waals surface area (Å²) in [4.78, 5) is 0.330. The lowest BCUT2D eigenvalue weighted by Gasteiger charge is -2.35. The van der Waals surface area contributed by atoms with Gasteiger partial charge in [0.25, 0.3) is 0 Å². The Balaban J connectivity index is 2.05. The molecule has 2 fully saturated rings. The number of halogens is 1. The Labute approximate surface area is 131 Å². The van der Waals surface area contributed by atoms with Gasteiger partial charge in [-0.25, -0.2) is 8.42 Å². The maximum Gasteiger partial charge on any atom is 0.243 e. The molecule has 1 N–H and O–H groups in total. The van der Waals surface area contributed by atoms with E-state index in [1.165, 1.54) is 0 Å². The largest absolute Gasteiger partial charge is 0.316 e. The molecule has 6 heteroatoms. The molecule has 0 aromatic heterocycles. The van der Waals surface area contributed by atoms with Gasteiger partial charge in [-0.15, -0.1) is 0 Å². The van der Waals surface area contributed by atoms with E-state index in [-0.39, 0.29) is 5.54 Å². The third-order valence-electron chi connectivity index (χ3n) is 5.01. The van der Waals surface area contributed by atoms with E-state index in [9.17, 15) is 8.42 Å². The zero-order valence-corrected chi connectivity index (χ0v) is 14.1. The van der Waals surface area contributed by atoms with Crippen LogP contribution in [0.25, 0.3) is 0 Å². The first-order valence-electron chi connectivity index (χ1n) is 7.24. The van der Waals surface area contributed by atoms with Crippen LogP contribution in [-0.2, 0) is 10.0 Å². The van der Waals surface area contributed by atoms with Gasteiger partial charge < -0.3 is 5.32 Å². The van der Waals surface area contributed by atoms with Crippen molar-refractivity contribution in [2.45, 2.75) is 31.2 Å². The highest BCUT2D eigenvalue weighted by Gasteiger charge is 2.54. The van der Waals surface area contributed by atoms with Crippen LogP contribution in [0.15, 0.2) is 23.1 Å². The van der Waals surface area contributed by atoms with Crippen molar-refractivity contribution in [3.63, 3.8) is 0 Å². The molecule has 21 heavy (non-hydrogen) atoms. The Kier molecular flexibility index (Phi) is 3.60. The molecule has 2 aliphatic heterocycles. The number of nitrogens with zero attached hydrogens (tertiary/aromatic N) is 1. The average molecular weight is 329 g/mol. The monoisotopic (exact) mass is 328 g/mol. The summed E-state index contributed by atoms with van der Waals surface area (Å²) in [5.41, 5.74) is 0.368. The van der Waals surface area contributed by atoms with E-state index in [4.69, 9.17) is 11.6 Å². The van der Waals surface area contributed by atoms with Gasteiger partial charge >= 0.3 is 0 Å². The molecule has 2 atom stereocenters. The molecule has 0 radical (unpaired) electrons. The molecular weight excluding hydrogens is 308 g/mol. The number of hydrogen-bond acceptors (Lipinski definition) is 3. The topological polar surface area (TPSA) is 49.4 Å². The minimum Gasteiger partial charge on any atom is -0.316 e. The zero-order chi connectivity index (χ0) is 15.4. The molecule has 0 aliphatic carbocycles. The van der Waals surface area contributed by atoms with Crippen LogP contribution < -0.4 is 5.32 Å². The van der Waals surface area contributed by atoms with Crippen LogP contribution in [0.5, 0.6) is 0 Å². The van der Waals surface area contributed by atoms with Crippen LogP contribution >= 0.6 is 11.6 Å². The minimum atomic E-state index is -3.52. The van der Waals surface area contributed by atoms with Crippen molar-refractivity contribution < 1.29 is 8.42 Å². The second-order valence-electron chi connectivity index (χ2n) is 6.62. The standard InChI is InChI=1S/C15H21ClN2O2S/c1-10-4-5-12(16)6-14(10)21(19,20)18-9-11-7-17-8-13(11)15(18,2)3/h4-6,11,13,17H,7-9H2,1-3H3. The quantitative estimate of drug-likeness (QED) is 0.906. The summed E-state index contributed by atoms with van der Waals surface area (Å²) in [6.07, 6.45) is 0. The summed E-state index contributed by atoms with van der Waals surface area (Å²) in [6, 6.07) is 5.05. The molecule has 2 unspecified atom stereocenters. The highest BCUT2D eigenvalue weighted by atomic mass is 35.5. The highest BCUT2D eigenvalue weighted by Crippen LogP contribution is 2.44. The fourth-order valence-corrected chi connectivity index (χ4v) is 6.13. The molecule has 0 saturated carbocycles. The van der Waals surface area contributed by atoms with Crippen molar-refractivity contribution in [2.24, 2.45) is 11.8 Å². The molecule has 1 aromatic carbocycles. The lowest BCUT2D eigenvalue weighted by atomic mass is 9.85. The van der Waals surface area contributed by atoms with Crippen LogP contribution in [0, 0.1) is 18.8 Å². The summed E-state index contributed by atoms with van der Waals surface area (Å²) in [5, 5.41) is 3.83. The lowest BCUT2D eigenvalue weighted by Crippen LogP contribution is -2.47. The molecule has 2 aliphatic rings. The van der Waals surface area contributed by atoms with Gasteiger partial charge in [0.05, 0.1) is 4.90 Å². The van der Waals surface area contributed by atoms with Gasteiger partial charge in [0.2, 0.25) is 10.0 Å². The van der Waals surface area contributed by atoms with Crippen molar-refractivity contribution in [2.75, 3.05) is 19.6 Å².